The molecule has 0 aliphatic carbocycles. The van der Waals surface area contributed by atoms with Gasteiger partial charge >= 0.3 is 35.6 Å². The first-order chi connectivity index (χ1) is 7.42. The van der Waals surface area contributed by atoms with Gasteiger partial charge in [-0.05, 0) is 12.8 Å². The van der Waals surface area contributed by atoms with Crippen LogP contribution in [0.1, 0.15) is 12.8 Å². The molecule has 2 saturated heterocycles. The molecule has 0 N–H and O–H groups in total. The zero-order valence-electron chi connectivity index (χ0n) is 9.07. The minimum atomic E-state index is -4.96. The van der Waals surface area contributed by atoms with Crippen LogP contribution < -0.4 is 29.6 Å². The Hall–Kier alpha value is -0.370. The van der Waals surface area contributed by atoms with E-state index >= 15 is 0 Å². The summed E-state index contributed by atoms with van der Waals surface area (Å²) in [4.78, 5) is 12.8. The first kappa shape index (κ1) is 14.7. The maximum atomic E-state index is 11.6. The van der Waals surface area contributed by atoms with E-state index in [-0.39, 0.29) is 36.1 Å². The van der Waals surface area contributed by atoms with Gasteiger partial charge in [0.1, 0.15) is 6.04 Å². The van der Waals surface area contributed by atoms with Crippen LogP contribution in [0.4, 0.5) is 4.79 Å². The Morgan fingerprint density at radius 3 is 2.65 bits per heavy atom. The van der Waals surface area contributed by atoms with Crippen LogP contribution in [0, 0.1) is 11.3 Å². The number of hydroxylamine groups is 2. The smallest absolute Gasteiger partial charge is 0.724 e. The maximum Gasteiger partial charge on any atom is 1.00 e. The summed E-state index contributed by atoms with van der Waals surface area (Å²) < 4.78 is 35.3. The largest absolute Gasteiger partial charge is 1.00 e. The van der Waals surface area contributed by atoms with Crippen LogP contribution in [-0.4, -0.2) is 47.6 Å². The zero-order valence-corrected chi connectivity index (χ0v) is 11.9. The number of nitriles is 1. The summed E-state index contributed by atoms with van der Waals surface area (Å²) in [6, 6.07) is 0.150. The van der Waals surface area contributed by atoms with Crippen molar-refractivity contribution in [2.75, 3.05) is 6.54 Å². The van der Waals surface area contributed by atoms with E-state index < -0.39 is 28.5 Å². The molecular formula is C7H8N3NaO5S. The quantitative estimate of drug-likeness (QED) is 0.288. The normalized spacial score (nSPS) is 27.6. The average molecular weight is 269 g/mol. The van der Waals surface area contributed by atoms with Crippen molar-refractivity contribution in [2.45, 2.75) is 24.9 Å². The van der Waals surface area contributed by atoms with Crippen molar-refractivity contribution < 1.29 is 51.6 Å². The van der Waals surface area contributed by atoms with Gasteiger partial charge in [0.05, 0.1) is 12.1 Å². The predicted molar refractivity (Wildman–Crippen MR) is 47.1 cm³/mol. The number of rotatable bonds is 2. The van der Waals surface area contributed by atoms with Gasteiger partial charge in [0, 0.05) is 6.54 Å². The standard InChI is InChI=1S/C7H9N3O5S.Na/c8-3-5-1-2-6-4-9(5)7(11)10(6)15-16(12,13)14;/h5-6H,1-2,4H2,(H,12,13,14);/q;+1/p-1/t5-,6-;/m0./s1. The molecule has 10 heteroatoms. The van der Waals surface area contributed by atoms with Gasteiger partial charge in [0.25, 0.3) is 0 Å². The average Bonchev–Trinajstić information content (AvgIpc) is 2.43. The van der Waals surface area contributed by atoms with E-state index in [1.165, 1.54) is 4.90 Å². The van der Waals surface area contributed by atoms with Crippen LogP contribution in [-0.2, 0) is 14.7 Å². The van der Waals surface area contributed by atoms with Gasteiger partial charge in [-0.2, -0.15) is 14.6 Å². The second kappa shape index (κ2) is 5.09. The minimum Gasteiger partial charge on any atom is -0.724 e. The molecule has 2 bridgehead atoms. The van der Waals surface area contributed by atoms with Crippen molar-refractivity contribution in [3.8, 4) is 6.07 Å². The number of hydrogen-bond donors (Lipinski definition) is 0. The molecule has 0 aromatic carbocycles. The molecule has 0 radical (unpaired) electrons. The summed E-state index contributed by atoms with van der Waals surface area (Å²) >= 11 is 0. The fourth-order valence-corrected chi connectivity index (χ4v) is 2.34. The summed E-state index contributed by atoms with van der Waals surface area (Å²) in [5.41, 5.74) is 0. The van der Waals surface area contributed by atoms with E-state index in [9.17, 15) is 17.8 Å². The number of piperidine rings is 1. The zero-order chi connectivity index (χ0) is 11.9. The van der Waals surface area contributed by atoms with Crippen molar-refractivity contribution in [3.05, 3.63) is 0 Å². The Balaban J connectivity index is 0.00000144. The molecule has 2 atom stereocenters. The number of amides is 2. The number of carbonyl (C=O) groups is 1. The fraction of sp³-hybridized carbons (Fsp3) is 0.714. The molecule has 17 heavy (non-hydrogen) atoms. The SMILES string of the molecule is N#C[C@@H]1CC[C@H]2CN1C(=O)N2OS(=O)(=O)[O-].[Na+]. The molecule has 2 heterocycles. The molecule has 2 amide bonds. The fourth-order valence-electron chi connectivity index (χ4n) is 1.96. The van der Waals surface area contributed by atoms with Gasteiger partial charge in [-0.15, -0.1) is 0 Å². The van der Waals surface area contributed by atoms with E-state index in [0.29, 0.717) is 17.9 Å². The van der Waals surface area contributed by atoms with Gasteiger partial charge in [-0.3, -0.25) is 0 Å². The Labute approximate surface area is 120 Å². The summed E-state index contributed by atoms with van der Waals surface area (Å²) in [7, 11) is -4.96. The minimum absolute atomic E-state index is 0. The Kier molecular flexibility index (Phi) is 4.40. The van der Waals surface area contributed by atoms with Gasteiger partial charge < -0.3 is 9.45 Å². The topological polar surface area (TPSA) is 114 Å². The molecule has 88 valence electrons. The number of urea groups is 1. The molecule has 8 nitrogen and oxygen atoms in total. The molecule has 2 rings (SSSR count). The van der Waals surface area contributed by atoms with Crippen LogP contribution in [0.2, 0.25) is 0 Å². The second-order valence-electron chi connectivity index (χ2n) is 3.62. The number of nitrogens with zero attached hydrogens (tertiary/aromatic N) is 3. The van der Waals surface area contributed by atoms with Gasteiger partial charge in [0.15, 0.2) is 0 Å². The molecule has 2 fully saturated rings. The molecule has 0 aromatic heterocycles. The second-order valence-corrected chi connectivity index (χ2v) is 4.59. The number of carbonyl (C=O) groups excluding carboxylic acids is 1. The van der Waals surface area contributed by atoms with E-state index in [0.717, 1.165) is 0 Å². The first-order valence-corrected chi connectivity index (χ1v) is 5.90. The molecule has 0 aromatic rings. The molecule has 0 saturated carbocycles. The Bertz CT molecular complexity index is 461. The summed E-state index contributed by atoms with van der Waals surface area (Å²) in [6.45, 7) is 0.215. The monoisotopic (exact) mass is 269 g/mol. The Morgan fingerprint density at radius 2 is 2.12 bits per heavy atom. The van der Waals surface area contributed by atoms with E-state index in [2.05, 4.69) is 4.28 Å². The van der Waals surface area contributed by atoms with Crippen molar-refractivity contribution in [3.63, 3.8) is 0 Å². The van der Waals surface area contributed by atoms with E-state index in [4.69, 9.17) is 5.26 Å². The van der Waals surface area contributed by atoms with Crippen LogP contribution >= 0.6 is 0 Å². The molecule has 2 aliphatic heterocycles. The molecule has 2 aliphatic rings. The van der Waals surface area contributed by atoms with Crippen molar-refractivity contribution >= 4 is 16.4 Å². The van der Waals surface area contributed by atoms with E-state index in [1.54, 1.807) is 0 Å². The van der Waals surface area contributed by atoms with Crippen LogP contribution in [0.25, 0.3) is 0 Å². The number of hydrogen-bond acceptors (Lipinski definition) is 6. The first-order valence-electron chi connectivity index (χ1n) is 4.57. The number of fused-ring (bicyclic) bond motifs is 2. The summed E-state index contributed by atoms with van der Waals surface area (Å²) in [6.07, 6.45) is 0.891. The summed E-state index contributed by atoms with van der Waals surface area (Å²) in [5, 5.41) is 9.32. The Morgan fingerprint density at radius 1 is 1.47 bits per heavy atom. The van der Waals surface area contributed by atoms with Gasteiger partial charge in [0.2, 0.25) is 10.4 Å². The van der Waals surface area contributed by atoms with Gasteiger partial charge in [-0.1, -0.05) is 0 Å². The summed E-state index contributed by atoms with van der Waals surface area (Å²) in [5.74, 6) is 0. The van der Waals surface area contributed by atoms with Crippen molar-refractivity contribution in [1.82, 2.24) is 9.96 Å². The van der Waals surface area contributed by atoms with Crippen LogP contribution in [0.3, 0.4) is 0 Å². The molecular weight excluding hydrogens is 261 g/mol. The third-order valence-corrected chi connectivity index (χ3v) is 2.99. The predicted octanol–water partition coefficient (Wildman–Crippen LogP) is -3.83. The van der Waals surface area contributed by atoms with Crippen LogP contribution in [0.5, 0.6) is 0 Å². The van der Waals surface area contributed by atoms with Gasteiger partial charge in [-0.25, -0.2) is 13.2 Å². The molecule has 0 spiro atoms. The van der Waals surface area contributed by atoms with E-state index in [1.807, 2.05) is 6.07 Å². The third kappa shape index (κ3) is 2.90. The maximum absolute atomic E-state index is 11.6. The van der Waals surface area contributed by atoms with Crippen molar-refractivity contribution in [1.29, 1.82) is 5.26 Å². The van der Waals surface area contributed by atoms with Crippen molar-refractivity contribution in [2.24, 2.45) is 0 Å². The third-order valence-electron chi connectivity index (χ3n) is 2.64. The molecule has 0 unspecified atom stereocenters. The van der Waals surface area contributed by atoms with Crippen LogP contribution in [0.15, 0.2) is 0 Å².